The molecule has 0 bridgehead atoms. The molecule has 0 aliphatic carbocycles. The van der Waals surface area contributed by atoms with Crippen LogP contribution in [0.25, 0.3) is 0 Å². The number of nitrogens with two attached hydrogens (primary N) is 1. The molecule has 2 atom stereocenters. The third-order valence-corrected chi connectivity index (χ3v) is 4.48. The maximum atomic E-state index is 11.9. The van der Waals surface area contributed by atoms with Crippen LogP contribution in [0, 0.1) is 5.41 Å². The SMILES string of the molecule is CC(O)C(=O)O.CCCCCCCCCCCC(=O)N[C@@H](CCCNC(=N)N)C(=O)O. The summed E-state index contributed by atoms with van der Waals surface area (Å²) in [5.74, 6) is -2.55. The molecule has 0 aliphatic rings. The molecule has 182 valence electrons. The van der Waals surface area contributed by atoms with Gasteiger partial charge in [-0.15, -0.1) is 0 Å². The Kier molecular flexibility index (Phi) is 20.8. The van der Waals surface area contributed by atoms with Crippen LogP contribution in [0.2, 0.25) is 0 Å². The molecule has 31 heavy (non-hydrogen) atoms. The topological polar surface area (TPSA) is 186 Å². The maximum Gasteiger partial charge on any atom is 0.332 e. The van der Waals surface area contributed by atoms with E-state index in [-0.39, 0.29) is 11.9 Å². The fraction of sp³-hybridized carbons (Fsp3) is 0.810. The van der Waals surface area contributed by atoms with Gasteiger partial charge >= 0.3 is 11.9 Å². The largest absolute Gasteiger partial charge is 0.480 e. The van der Waals surface area contributed by atoms with E-state index >= 15 is 0 Å². The second-order valence-electron chi connectivity index (χ2n) is 7.53. The molecule has 0 aromatic rings. The Morgan fingerprint density at radius 2 is 1.39 bits per heavy atom. The molecule has 0 saturated carbocycles. The molecular weight excluding hydrogens is 404 g/mol. The Bertz CT molecular complexity index is 514. The summed E-state index contributed by atoms with van der Waals surface area (Å²) in [6.07, 6.45) is 10.6. The van der Waals surface area contributed by atoms with Gasteiger partial charge in [-0.2, -0.15) is 0 Å². The van der Waals surface area contributed by atoms with Crippen molar-refractivity contribution >= 4 is 23.8 Å². The highest BCUT2D eigenvalue weighted by Gasteiger charge is 2.19. The van der Waals surface area contributed by atoms with Gasteiger partial charge in [-0.1, -0.05) is 58.3 Å². The molecule has 0 aliphatic heterocycles. The van der Waals surface area contributed by atoms with E-state index in [4.69, 9.17) is 26.5 Å². The molecule has 0 radical (unpaired) electrons. The Hall–Kier alpha value is -2.36. The molecule has 1 amide bonds. The van der Waals surface area contributed by atoms with Crippen molar-refractivity contribution in [3.05, 3.63) is 0 Å². The number of hydrogen-bond acceptors (Lipinski definition) is 5. The zero-order chi connectivity index (χ0) is 24.1. The molecule has 0 rings (SSSR count). The molecule has 0 spiro atoms. The van der Waals surface area contributed by atoms with Crippen LogP contribution in [0.15, 0.2) is 0 Å². The van der Waals surface area contributed by atoms with Crippen molar-refractivity contribution in [1.82, 2.24) is 10.6 Å². The van der Waals surface area contributed by atoms with Crippen LogP contribution in [0.3, 0.4) is 0 Å². The zero-order valence-electron chi connectivity index (χ0n) is 19.0. The molecule has 10 heteroatoms. The molecule has 0 saturated heterocycles. The number of aliphatic carboxylic acids is 2. The number of nitrogens with one attached hydrogen (secondary N) is 3. The van der Waals surface area contributed by atoms with Gasteiger partial charge in [-0.25, -0.2) is 9.59 Å². The summed E-state index contributed by atoms with van der Waals surface area (Å²) in [6.45, 7) is 3.83. The van der Waals surface area contributed by atoms with Gasteiger partial charge in [-0.3, -0.25) is 10.2 Å². The van der Waals surface area contributed by atoms with Gasteiger partial charge < -0.3 is 31.7 Å². The predicted molar refractivity (Wildman–Crippen MR) is 120 cm³/mol. The number of amides is 1. The third kappa shape index (κ3) is 23.8. The Morgan fingerprint density at radius 3 is 1.81 bits per heavy atom. The van der Waals surface area contributed by atoms with Gasteiger partial charge in [0.25, 0.3) is 0 Å². The van der Waals surface area contributed by atoms with Gasteiger partial charge in [0, 0.05) is 13.0 Å². The van der Waals surface area contributed by atoms with Crippen molar-refractivity contribution in [2.45, 2.75) is 103 Å². The first-order valence-corrected chi connectivity index (χ1v) is 11.1. The van der Waals surface area contributed by atoms with Crippen LogP contribution in [0.1, 0.15) is 90.9 Å². The molecule has 0 fully saturated rings. The van der Waals surface area contributed by atoms with Crippen LogP contribution < -0.4 is 16.4 Å². The fourth-order valence-corrected chi connectivity index (χ4v) is 2.65. The van der Waals surface area contributed by atoms with Crippen molar-refractivity contribution in [1.29, 1.82) is 5.41 Å². The lowest BCUT2D eigenvalue weighted by Gasteiger charge is -2.14. The highest BCUT2D eigenvalue weighted by molar-refractivity contribution is 5.83. The van der Waals surface area contributed by atoms with Crippen molar-refractivity contribution in [3.8, 4) is 0 Å². The third-order valence-electron chi connectivity index (χ3n) is 4.48. The first-order valence-electron chi connectivity index (χ1n) is 11.1. The standard InChI is InChI=1S/C18H36N4O3.C3H6O3/c1-2-3-4-5-6-7-8-9-10-13-16(23)22-15(17(24)25)12-11-14-21-18(19)20;1-2(4)3(5)6/h15H,2-14H2,1H3,(H,22,23)(H,24,25)(H4,19,20,21);2,4H,1H3,(H,5,6)/t15-;/m0./s1. The van der Waals surface area contributed by atoms with E-state index in [1.54, 1.807) is 0 Å². The van der Waals surface area contributed by atoms with Crippen LogP contribution in [0.5, 0.6) is 0 Å². The fourth-order valence-electron chi connectivity index (χ4n) is 2.65. The lowest BCUT2D eigenvalue weighted by atomic mass is 10.1. The minimum absolute atomic E-state index is 0.138. The van der Waals surface area contributed by atoms with E-state index < -0.39 is 24.1 Å². The smallest absolute Gasteiger partial charge is 0.332 e. The number of carboxylic acids is 2. The van der Waals surface area contributed by atoms with E-state index in [0.29, 0.717) is 25.8 Å². The van der Waals surface area contributed by atoms with Gasteiger partial charge in [0.2, 0.25) is 5.91 Å². The molecule has 10 nitrogen and oxygen atoms in total. The number of guanidine groups is 1. The number of carbonyl (C=O) groups excluding carboxylic acids is 1. The quantitative estimate of drug-likeness (QED) is 0.101. The zero-order valence-corrected chi connectivity index (χ0v) is 19.0. The van der Waals surface area contributed by atoms with E-state index in [0.717, 1.165) is 19.3 Å². The van der Waals surface area contributed by atoms with E-state index in [1.165, 1.54) is 45.4 Å². The molecule has 8 N–H and O–H groups in total. The van der Waals surface area contributed by atoms with Crippen molar-refractivity contribution in [2.24, 2.45) is 5.73 Å². The number of hydrogen-bond donors (Lipinski definition) is 7. The highest BCUT2D eigenvalue weighted by Crippen LogP contribution is 2.10. The van der Waals surface area contributed by atoms with Gasteiger partial charge in [0.05, 0.1) is 0 Å². The minimum Gasteiger partial charge on any atom is -0.480 e. The summed E-state index contributed by atoms with van der Waals surface area (Å²) < 4.78 is 0. The average Bonchev–Trinajstić information content (AvgIpc) is 2.69. The first-order chi connectivity index (χ1) is 14.6. The number of unbranched alkanes of at least 4 members (excludes halogenated alkanes) is 8. The van der Waals surface area contributed by atoms with Crippen LogP contribution in [0.4, 0.5) is 0 Å². The normalized spacial score (nSPS) is 12.1. The lowest BCUT2D eigenvalue weighted by molar-refractivity contribution is -0.145. The minimum atomic E-state index is -1.23. The number of rotatable bonds is 17. The summed E-state index contributed by atoms with van der Waals surface area (Å²) in [4.78, 5) is 32.5. The number of carbonyl (C=O) groups is 3. The Morgan fingerprint density at radius 1 is 0.903 bits per heavy atom. The van der Waals surface area contributed by atoms with Crippen molar-refractivity contribution in [3.63, 3.8) is 0 Å². The predicted octanol–water partition coefficient (Wildman–Crippen LogP) is 2.19. The first kappa shape index (κ1) is 30.8. The second kappa shape index (κ2) is 20.9. The van der Waals surface area contributed by atoms with Crippen LogP contribution in [-0.2, 0) is 14.4 Å². The van der Waals surface area contributed by atoms with Gasteiger partial charge in [-0.05, 0) is 26.2 Å². The van der Waals surface area contributed by atoms with Gasteiger partial charge in [0.15, 0.2) is 5.96 Å². The summed E-state index contributed by atoms with van der Waals surface area (Å²) in [7, 11) is 0. The van der Waals surface area contributed by atoms with Gasteiger partial charge in [0.1, 0.15) is 12.1 Å². The van der Waals surface area contributed by atoms with E-state index in [1.807, 2.05) is 0 Å². The number of aliphatic hydroxyl groups is 1. The van der Waals surface area contributed by atoms with Crippen LogP contribution in [-0.4, -0.2) is 57.8 Å². The monoisotopic (exact) mass is 446 g/mol. The van der Waals surface area contributed by atoms with E-state index in [2.05, 4.69) is 17.6 Å². The Balaban J connectivity index is 0. The van der Waals surface area contributed by atoms with Crippen molar-refractivity contribution < 1.29 is 29.7 Å². The highest BCUT2D eigenvalue weighted by atomic mass is 16.4. The number of carboxylic acid groups (broad SMARTS) is 2. The van der Waals surface area contributed by atoms with Crippen molar-refractivity contribution in [2.75, 3.05) is 6.54 Å². The molecule has 0 aromatic heterocycles. The summed E-state index contributed by atoms with van der Waals surface area (Å²) >= 11 is 0. The second-order valence-corrected chi connectivity index (χ2v) is 7.53. The maximum absolute atomic E-state index is 11.9. The Labute approximate surface area is 185 Å². The molecular formula is C21H42N4O6. The van der Waals surface area contributed by atoms with E-state index in [9.17, 15) is 14.4 Å². The summed E-state index contributed by atoms with van der Waals surface area (Å²) in [5, 5.41) is 37.2. The molecule has 1 unspecified atom stereocenters. The number of aliphatic hydroxyl groups excluding tert-OH is 1. The lowest BCUT2D eigenvalue weighted by Crippen LogP contribution is -2.41. The molecule has 0 aromatic carbocycles. The van der Waals surface area contributed by atoms with Crippen LogP contribution >= 0.6 is 0 Å². The average molecular weight is 447 g/mol. The summed E-state index contributed by atoms with van der Waals surface area (Å²) in [6, 6.07) is -0.875. The molecule has 0 heterocycles. The summed E-state index contributed by atoms with van der Waals surface area (Å²) in [5.41, 5.74) is 5.16.